The first-order chi connectivity index (χ1) is 15.9. The van der Waals surface area contributed by atoms with E-state index in [1.807, 2.05) is 36.4 Å². The summed E-state index contributed by atoms with van der Waals surface area (Å²) in [5.74, 6) is -1.51. The smallest absolute Gasteiger partial charge is 0.305 e. The minimum Gasteiger partial charge on any atom is -0.464 e. The summed E-state index contributed by atoms with van der Waals surface area (Å²) in [6.07, 6.45) is 7.04. The molecule has 0 aliphatic carbocycles. The molecule has 0 aliphatic heterocycles. The zero-order valence-electron chi connectivity index (χ0n) is 19.6. The van der Waals surface area contributed by atoms with Crippen molar-refractivity contribution in [2.75, 3.05) is 13.2 Å². The van der Waals surface area contributed by atoms with Crippen LogP contribution >= 0.6 is 0 Å². The molecule has 0 aliphatic rings. The Labute approximate surface area is 197 Å². The van der Waals surface area contributed by atoms with Gasteiger partial charge in [0.2, 0.25) is 11.8 Å². The quantitative estimate of drug-likeness (QED) is 0.189. The first-order valence-corrected chi connectivity index (χ1v) is 11.5. The van der Waals surface area contributed by atoms with Crippen molar-refractivity contribution in [1.29, 1.82) is 0 Å². The average Bonchev–Trinajstić information content (AvgIpc) is 2.80. The van der Waals surface area contributed by atoms with Crippen LogP contribution in [0.25, 0.3) is 0 Å². The van der Waals surface area contributed by atoms with Crippen LogP contribution in [-0.2, 0) is 25.5 Å². The highest BCUT2D eigenvalue weighted by atomic mass is 16.5. The third-order valence-electron chi connectivity index (χ3n) is 5.09. The number of esters is 1. The fraction of sp³-hybridized carbons (Fsp3) is 0.500. The number of nitrogens with one attached hydrogen (secondary N) is 2. The molecule has 33 heavy (non-hydrogen) atoms. The minimum atomic E-state index is -0.601. The molecule has 0 saturated heterocycles. The van der Waals surface area contributed by atoms with Gasteiger partial charge in [0, 0.05) is 12.8 Å². The molecule has 1 rings (SSSR count). The van der Waals surface area contributed by atoms with E-state index in [2.05, 4.69) is 23.8 Å². The van der Waals surface area contributed by atoms with Gasteiger partial charge in [0.1, 0.15) is 6.61 Å². The fourth-order valence-corrected chi connectivity index (χ4v) is 3.30. The van der Waals surface area contributed by atoms with Gasteiger partial charge in [-0.25, -0.2) is 0 Å². The van der Waals surface area contributed by atoms with Gasteiger partial charge in [0.25, 0.3) is 0 Å². The first-order valence-electron chi connectivity index (χ1n) is 11.5. The zero-order valence-corrected chi connectivity index (χ0v) is 19.6. The number of rotatable bonds is 17. The molecule has 2 amide bonds. The highest BCUT2D eigenvalue weighted by molar-refractivity contribution is 5.86. The Morgan fingerprint density at radius 3 is 2.45 bits per heavy atom. The van der Waals surface area contributed by atoms with E-state index in [-0.39, 0.29) is 43.5 Å². The number of allylic oxidation sites excluding steroid dienone is 2. The monoisotopic (exact) mass is 458 g/mol. The average molecular weight is 459 g/mol. The molecule has 1 aromatic rings. The maximum absolute atomic E-state index is 12.7. The van der Waals surface area contributed by atoms with Crippen LogP contribution < -0.4 is 10.6 Å². The summed E-state index contributed by atoms with van der Waals surface area (Å²) >= 11 is 0. The van der Waals surface area contributed by atoms with Gasteiger partial charge in [-0.1, -0.05) is 42.5 Å². The van der Waals surface area contributed by atoms with Gasteiger partial charge in [0.15, 0.2) is 0 Å². The molecule has 0 radical (unpaired) electrons. The van der Waals surface area contributed by atoms with Crippen molar-refractivity contribution in [3.63, 3.8) is 0 Å². The fourth-order valence-electron chi connectivity index (χ4n) is 3.30. The van der Waals surface area contributed by atoms with E-state index in [4.69, 9.17) is 4.74 Å². The molecular formula is C26H38N2O5. The van der Waals surface area contributed by atoms with Crippen molar-refractivity contribution in [1.82, 2.24) is 10.6 Å². The van der Waals surface area contributed by atoms with E-state index in [0.29, 0.717) is 19.3 Å². The van der Waals surface area contributed by atoms with E-state index >= 15 is 0 Å². The van der Waals surface area contributed by atoms with Crippen LogP contribution in [0.1, 0.15) is 51.0 Å². The van der Waals surface area contributed by atoms with Crippen LogP contribution in [-0.4, -0.2) is 48.2 Å². The highest BCUT2D eigenvalue weighted by Crippen LogP contribution is 2.12. The molecular weight excluding hydrogens is 420 g/mol. The second kappa shape index (κ2) is 16.7. The maximum atomic E-state index is 12.7. The number of benzene rings is 1. The summed E-state index contributed by atoms with van der Waals surface area (Å²) in [7, 11) is 0. The Hall–Kier alpha value is -2.93. The van der Waals surface area contributed by atoms with Gasteiger partial charge >= 0.3 is 5.97 Å². The van der Waals surface area contributed by atoms with Crippen molar-refractivity contribution in [2.45, 2.75) is 64.0 Å². The van der Waals surface area contributed by atoms with Crippen LogP contribution in [0.15, 0.2) is 55.6 Å². The molecule has 0 heterocycles. The summed E-state index contributed by atoms with van der Waals surface area (Å²) < 4.78 is 5.22. The molecule has 0 unspecified atom stereocenters. The number of ether oxygens (including phenoxy) is 1. The van der Waals surface area contributed by atoms with Crippen molar-refractivity contribution in [3.05, 3.63) is 61.2 Å². The third-order valence-corrected chi connectivity index (χ3v) is 5.09. The zero-order chi connectivity index (χ0) is 24.5. The summed E-state index contributed by atoms with van der Waals surface area (Å²) in [6, 6.07) is 8.75. The number of carbonyl (C=O) groups is 3. The van der Waals surface area contributed by atoms with E-state index in [1.165, 1.54) is 0 Å². The lowest BCUT2D eigenvalue weighted by Crippen LogP contribution is -2.44. The molecule has 3 atom stereocenters. The van der Waals surface area contributed by atoms with Crippen LogP contribution in [0.5, 0.6) is 0 Å². The van der Waals surface area contributed by atoms with Crippen LogP contribution in [0.4, 0.5) is 0 Å². The second-order valence-corrected chi connectivity index (χ2v) is 8.19. The summed E-state index contributed by atoms with van der Waals surface area (Å²) in [5.41, 5.74) is 1.00. The summed E-state index contributed by atoms with van der Waals surface area (Å²) in [6.45, 7) is 8.94. The van der Waals surface area contributed by atoms with Gasteiger partial charge in [-0.3, -0.25) is 14.4 Å². The Bertz CT molecular complexity index is 750. The Balaban J connectivity index is 2.48. The SMILES string of the molecule is C=CCCCCC(=O)OC[C@H](C)NC(=O)[C@H](CC=C)CC(=O)N[C@@H](CO)Cc1ccccc1. The van der Waals surface area contributed by atoms with E-state index in [9.17, 15) is 19.5 Å². The second-order valence-electron chi connectivity index (χ2n) is 8.19. The number of hydrogen-bond acceptors (Lipinski definition) is 5. The molecule has 0 fully saturated rings. The van der Waals surface area contributed by atoms with Crippen LogP contribution in [0.2, 0.25) is 0 Å². The van der Waals surface area contributed by atoms with Gasteiger partial charge in [0.05, 0.1) is 24.6 Å². The lowest BCUT2D eigenvalue weighted by atomic mass is 9.98. The molecule has 1 aromatic carbocycles. The Kier molecular flexibility index (Phi) is 14.2. The van der Waals surface area contributed by atoms with E-state index < -0.39 is 12.0 Å². The van der Waals surface area contributed by atoms with E-state index in [0.717, 1.165) is 24.8 Å². The lowest BCUT2D eigenvalue weighted by Gasteiger charge is -2.21. The molecule has 0 aromatic heterocycles. The number of aliphatic hydroxyl groups excluding tert-OH is 1. The Morgan fingerprint density at radius 2 is 1.82 bits per heavy atom. The van der Waals surface area contributed by atoms with Crippen molar-refractivity contribution in [2.24, 2.45) is 5.92 Å². The molecule has 7 nitrogen and oxygen atoms in total. The van der Waals surface area contributed by atoms with Gasteiger partial charge < -0.3 is 20.5 Å². The molecule has 182 valence electrons. The largest absolute Gasteiger partial charge is 0.464 e. The first kappa shape index (κ1) is 28.1. The summed E-state index contributed by atoms with van der Waals surface area (Å²) in [5, 5.41) is 15.2. The van der Waals surface area contributed by atoms with Crippen molar-refractivity contribution in [3.8, 4) is 0 Å². The molecule has 7 heteroatoms. The number of hydrogen-bond donors (Lipinski definition) is 3. The normalized spacial score (nSPS) is 13.3. The van der Waals surface area contributed by atoms with Gasteiger partial charge in [-0.2, -0.15) is 0 Å². The predicted molar refractivity (Wildman–Crippen MR) is 129 cm³/mol. The Morgan fingerprint density at radius 1 is 1.09 bits per heavy atom. The standard InChI is InChI=1S/C26H38N2O5/c1-4-6-7-11-15-25(31)33-19-20(3)27-26(32)22(12-5-2)17-24(30)28-23(18-29)16-21-13-9-8-10-14-21/h4-5,8-10,13-14,20,22-23,29H,1-2,6-7,11-12,15-19H2,3H3,(H,27,32)(H,28,30)/t20-,22+,23+/m0/s1. The summed E-state index contributed by atoms with van der Waals surface area (Å²) in [4.78, 5) is 37.0. The minimum absolute atomic E-state index is 0.0288. The number of carbonyl (C=O) groups excluding carboxylic acids is 3. The van der Waals surface area contributed by atoms with Gasteiger partial charge in [-0.15, -0.1) is 13.2 Å². The number of aliphatic hydroxyl groups is 1. The van der Waals surface area contributed by atoms with Crippen molar-refractivity contribution >= 4 is 17.8 Å². The molecule has 0 bridgehead atoms. The van der Waals surface area contributed by atoms with Crippen LogP contribution in [0, 0.1) is 5.92 Å². The van der Waals surface area contributed by atoms with E-state index in [1.54, 1.807) is 13.0 Å². The highest BCUT2D eigenvalue weighted by Gasteiger charge is 2.23. The predicted octanol–water partition coefficient (Wildman–Crippen LogP) is 3.08. The number of unbranched alkanes of at least 4 members (excludes halogenated alkanes) is 2. The van der Waals surface area contributed by atoms with Gasteiger partial charge in [-0.05, 0) is 44.6 Å². The third kappa shape index (κ3) is 12.6. The number of amides is 2. The molecule has 0 spiro atoms. The molecule has 3 N–H and O–H groups in total. The maximum Gasteiger partial charge on any atom is 0.305 e. The van der Waals surface area contributed by atoms with Crippen LogP contribution in [0.3, 0.4) is 0 Å². The lowest BCUT2D eigenvalue weighted by molar-refractivity contribution is -0.145. The topological polar surface area (TPSA) is 105 Å². The molecule has 0 saturated carbocycles. The van der Waals surface area contributed by atoms with Crippen molar-refractivity contribution < 1.29 is 24.2 Å².